The Morgan fingerprint density at radius 3 is 1.73 bits per heavy atom. The molecule has 3 nitrogen and oxygen atoms in total. The summed E-state index contributed by atoms with van der Waals surface area (Å²) in [6, 6.07) is 1.25. The van der Waals surface area contributed by atoms with Gasteiger partial charge in [0.15, 0.2) is 0 Å². The minimum absolute atomic E-state index is 0.312. The molecule has 0 saturated heterocycles. The highest BCUT2D eigenvalue weighted by molar-refractivity contribution is 5.86. The first kappa shape index (κ1) is 16.6. The molecule has 0 fully saturated rings. The Morgan fingerprint density at radius 1 is 1.27 bits per heavy atom. The zero-order valence-electron chi connectivity index (χ0n) is 10.9. The number of ether oxygens (including phenoxy) is 1. The van der Waals surface area contributed by atoms with Gasteiger partial charge in [0.25, 0.3) is 0 Å². The second-order valence-electron chi connectivity index (χ2n) is 3.98. The van der Waals surface area contributed by atoms with Crippen LogP contribution in [0.4, 0.5) is 0 Å². The molecule has 0 atom stereocenters. The summed E-state index contributed by atoms with van der Waals surface area (Å²) in [5.74, 6) is -0.312. The number of nitrogens with one attached hydrogen (secondary N) is 1. The maximum Gasteiger partial charge on any atom is 0.333 e. The quantitative estimate of drug-likeness (QED) is 0.578. The first-order valence-corrected chi connectivity index (χ1v) is 5.39. The summed E-state index contributed by atoms with van der Waals surface area (Å²) >= 11 is 0. The molecule has 0 radical (unpaired) electrons. The molecule has 90 valence electrons. The van der Waals surface area contributed by atoms with E-state index in [2.05, 4.69) is 44.3 Å². The Hall–Kier alpha value is -0.830. The topological polar surface area (TPSA) is 38.3 Å². The smallest absolute Gasteiger partial charge is 0.333 e. The van der Waals surface area contributed by atoms with Crippen molar-refractivity contribution in [1.29, 1.82) is 0 Å². The zero-order chi connectivity index (χ0) is 12.4. The van der Waals surface area contributed by atoms with Gasteiger partial charge in [-0.1, -0.05) is 34.3 Å². The number of hydrogen-bond acceptors (Lipinski definition) is 3. The van der Waals surface area contributed by atoms with Gasteiger partial charge in [0.05, 0.1) is 6.61 Å². The summed E-state index contributed by atoms with van der Waals surface area (Å²) in [5.41, 5.74) is 0.451. The molecule has 0 spiro atoms. The molecule has 0 bridgehead atoms. The summed E-state index contributed by atoms with van der Waals surface area (Å²) in [6.45, 7) is 15.8. The standard InChI is InChI=1S/C6H15N.C6H10O2/c1-5(2)7-6(3)4;1-4-8-6(7)5(2)3/h5-7H,1-4H3;2,4H2,1,3H3. The van der Waals surface area contributed by atoms with Gasteiger partial charge in [-0.2, -0.15) is 0 Å². The largest absolute Gasteiger partial charge is 0.463 e. The average Bonchev–Trinajstić information content (AvgIpc) is 2.02. The highest BCUT2D eigenvalue weighted by Crippen LogP contribution is 1.89. The van der Waals surface area contributed by atoms with E-state index in [-0.39, 0.29) is 5.97 Å². The lowest BCUT2D eigenvalue weighted by Gasteiger charge is -2.10. The van der Waals surface area contributed by atoms with Crippen LogP contribution in [0.2, 0.25) is 0 Å². The molecule has 3 heteroatoms. The van der Waals surface area contributed by atoms with Crippen LogP contribution in [0.1, 0.15) is 41.5 Å². The van der Waals surface area contributed by atoms with Gasteiger partial charge in [0.2, 0.25) is 0 Å². The van der Waals surface area contributed by atoms with Crippen LogP contribution in [0.5, 0.6) is 0 Å². The van der Waals surface area contributed by atoms with E-state index >= 15 is 0 Å². The van der Waals surface area contributed by atoms with Crippen LogP contribution in [0, 0.1) is 0 Å². The number of hydrogen-bond donors (Lipinski definition) is 1. The molecule has 0 aromatic carbocycles. The predicted octanol–water partition coefficient (Wildman–Crippen LogP) is 2.52. The fourth-order valence-corrected chi connectivity index (χ4v) is 0.921. The first-order chi connectivity index (χ1) is 6.81. The van der Waals surface area contributed by atoms with Crippen molar-refractivity contribution in [2.45, 2.75) is 53.6 Å². The van der Waals surface area contributed by atoms with Crippen molar-refractivity contribution in [2.75, 3.05) is 6.61 Å². The fourth-order valence-electron chi connectivity index (χ4n) is 0.921. The lowest BCUT2D eigenvalue weighted by atomic mass is 10.3. The van der Waals surface area contributed by atoms with Crippen LogP contribution in [0.25, 0.3) is 0 Å². The minimum Gasteiger partial charge on any atom is -0.463 e. The Balaban J connectivity index is 0. The van der Waals surface area contributed by atoms with Gasteiger partial charge >= 0.3 is 5.97 Å². The van der Waals surface area contributed by atoms with Crippen LogP contribution < -0.4 is 5.32 Å². The molecular formula is C12H25NO2. The monoisotopic (exact) mass is 215 g/mol. The summed E-state index contributed by atoms with van der Waals surface area (Å²) in [7, 11) is 0. The fraction of sp³-hybridized carbons (Fsp3) is 0.750. The number of carbonyl (C=O) groups excluding carboxylic acids is 1. The second kappa shape index (κ2) is 9.71. The van der Waals surface area contributed by atoms with Crippen LogP contribution in [0.15, 0.2) is 12.2 Å². The summed E-state index contributed by atoms with van der Waals surface area (Å²) in [5, 5.41) is 3.31. The Bertz CT molecular complexity index is 180. The average molecular weight is 215 g/mol. The van der Waals surface area contributed by atoms with Gasteiger partial charge < -0.3 is 10.1 Å². The summed E-state index contributed by atoms with van der Waals surface area (Å²) < 4.78 is 4.56. The minimum atomic E-state index is -0.312. The molecule has 0 aliphatic heterocycles. The molecule has 0 aliphatic rings. The van der Waals surface area contributed by atoms with Gasteiger partial charge in [0, 0.05) is 17.7 Å². The van der Waals surface area contributed by atoms with Gasteiger partial charge in [-0.25, -0.2) is 4.79 Å². The van der Waals surface area contributed by atoms with E-state index in [9.17, 15) is 4.79 Å². The number of rotatable bonds is 4. The van der Waals surface area contributed by atoms with Gasteiger partial charge in [-0.15, -0.1) is 0 Å². The molecule has 0 heterocycles. The molecule has 0 rings (SSSR count). The van der Waals surface area contributed by atoms with Crippen LogP contribution in [-0.4, -0.2) is 24.7 Å². The van der Waals surface area contributed by atoms with Crippen molar-refractivity contribution < 1.29 is 9.53 Å². The number of carbonyl (C=O) groups is 1. The Labute approximate surface area is 93.9 Å². The van der Waals surface area contributed by atoms with Crippen molar-refractivity contribution in [2.24, 2.45) is 0 Å². The van der Waals surface area contributed by atoms with Crippen LogP contribution in [-0.2, 0) is 9.53 Å². The maximum absolute atomic E-state index is 10.4. The number of esters is 1. The molecule has 0 aromatic heterocycles. The molecule has 1 N–H and O–H groups in total. The molecule has 0 aromatic rings. The van der Waals surface area contributed by atoms with Crippen molar-refractivity contribution in [3.8, 4) is 0 Å². The second-order valence-corrected chi connectivity index (χ2v) is 3.98. The SMILES string of the molecule is C=C(C)C(=O)OCC.CC(C)NC(C)C. The third kappa shape index (κ3) is 15.9. The van der Waals surface area contributed by atoms with E-state index in [1.165, 1.54) is 0 Å². The van der Waals surface area contributed by atoms with Crippen molar-refractivity contribution >= 4 is 5.97 Å². The zero-order valence-corrected chi connectivity index (χ0v) is 10.9. The van der Waals surface area contributed by atoms with Crippen LogP contribution in [0.3, 0.4) is 0 Å². The predicted molar refractivity (Wildman–Crippen MR) is 64.9 cm³/mol. The van der Waals surface area contributed by atoms with E-state index in [4.69, 9.17) is 0 Å². The van der Waals surface area contributed by atoms with E-state index in [1.807, 2.05) is 0 Å². The summed E-state index contributed by atoms with van der Waals surface area (Å²) in [6.07, 6.45) is 0. The van der Waals surface area contributed by atoms with Crippen molar-refractivity contribution in [3.63, 3.8) is 0 Å². The molecule has 0 aliphatic carbocycles. The van der Waals surface area contributed by atoms with E-state index in [0.717, 1.165) is 0 Å². The molecule has 15 heavy (non-hydrogen) atoms. The highest BCUT2D eigenvalue weighted by atomic mass is 16.5. The lowest BCUT2D eigenvalue weighted by Crippen LogP contribution is -2.29. The Morgan fingerprint density at radius 2 is 1.67 bits per heavy atom. The normalized spacial score (nSPS) is 9.60. The first-order valence-electron chi connectivity index (χ1n) is 5.39. The van der Waals surface area contributed by atoms with E-state index in [1.54, 1.807) is 13.8 Å². The van der Waals surface area contributed by atoms with Gasteiger partial charge in [0.1, 0.15) is 0 Å². The summed E-state index contributed by atoms with van der Waals surface area (Å²) in [4.78, 5) is 10.4. The third-order valence-electron chi connectivity index (χ3n) is 1.29. The van der Waals surface area contributed by atoms with Crippen molar-refractivity contribution in [3.05, 3.63) is 12.2 Å². The molecule has 0 amide bonds. The van der Waals surface area contributed by atoms with Gasteiger partial charge in [-0.3, -0.25) is 0 Å². The molecule has 0 saturated carbocycles. The molecule has 0 unspecified atom stereocenters. The van der Waals surface area contributed by atoms with Crippen LogP contribution >= 0.6 is 0 Å². The third-order valence-corrected chi connectivity index (χ3v) is 1.29. The maximum atomic E-state index is 10.4. The lowest BCUT2D eigenvalue weighted by molar-refractivity contribution is -0.138. The highest BCUT2D eigenvalue weighted by Gasteiger charge is 1.98. The molecular weight excluding hydrogens is 190 g/mol. The van der Waals surface area contributed by atoms with E-state index in [0.29, 0.717) is 24.3 Å². The van der Waals surface area contributed by atoms with Gasteiger partial charge in [-0.05, 0) is 13.8 Å². The Kier molecular flexibility index (Phi) is 10.7. The van der Waals surface area contributed by atoms with Crippen molar-refractivity contribution in [1.82, 2.24) is 5.32 Å². The van der Waals surface area contributed by atoms with E-state index < -0.39 is 0 Å².